The van der Waals surface area contributed by atoms with E-state index in [1.54, 1.807) is 15.9 Å². The van der Waals surface area contributed by atoms with Gasteiger partial charge >= 0.3 is 0 Å². The number of benzene rings is 9. The lowest BCUT2D eigenvalue weighted by Crippen LogP contribution is -2.04. The van der Waals surface area contributed by atoms with Gasteiger partial charge in [-0.05, 0) is 63.3 Å². The van der Waals surface area contributed by atoms with E-state index in [0.29, 0.717) is 28.7 Å². The molecule has 0 saturated heterocycles. The van der Waals surface area contributed by atoms with Gasteiger partial charge in [0.2, 0.25) is 0 Å². The first kappa shape index (κ1) is 28.6. The first-order chi connectivity index (χ1) is 32.2. The van der Waals surface area contributed by atoms with E-state index in [-0.39, 0.29) is 58.1 Å². The zero-order valence-electron chi connectivity index (χ0n) is 37.9. The molecule has 0 atom stereocenters. The summed E-state index contributed by atoms with van der Waals surface area (Å²) >= 11 is 1.71. The van der Waals surface area contributed by atoms with Gasteiger partial charge in [0, 0.05) is 47.6 Å². The number of fused-ring (bicyclic) bond motifs is 7. The average Bonchev–Trinajstić information content (AvgIpc) is 3.93. The molecule has 12 rings (SSSR count). The van der Waals surface area contributed by atoms with Crippen LogP contribution in [0.2, 0.25) is 0 Å². The number of thiophene rings is 1. The minimum Gasteiger partial charge on any atom is -0.308 e. The van der Waals surface area contributed by atoms with Gasteiger partial charge in [0.25, 0.3) is 0 Å². The maximum atomic E-state index is 9.36. The van der Waals surface area contributed by atoms with E-state index in [9.17, 15) is 2.74 Å². The summed E-state index contributed by atoms with van der Waals surface area (Å²) in [6.45, 7) is 0. The number of para-hydroxylation sites is 2. The predicted octanol–water partition coefficient (Wildman–Crippen LogP) is 14.8. The van der Waals surface area contributed by atoms with Crippen LogP contribution in [0.3, 0.4) is 0 Å². The number of hydrogen-bond donors (Lipinski definition) is 0. The zero-order valence-corrected chi connectivity index (χ0v) is 32.7. The lowest BCUT2D eigenvalue weighted by Gasteiger charge is -2.17. The molecule has 3 aromatic heterocycles. The Morgan fingerprint density at radius 3 is 1.77 bits per heavy atom. The van der Waals surface area contributed by atoms with Crippen molar-refractivity contribution in [1.82, 2.24) is 19.5 Å². The molecule has 0 fully saturated rings. The number of nitrogens with zero attached hydrogens (tertiary/aromatic N) is 4. The van der Waals surface area contributed by atoms with Crippen LogP contribution in [0.25, 0.3) is 115 Å². The second-order valence-corrected chi connectivity index (χ2v) is 15.7. The standard InChI is InChI=1S/C55H34N4S/c1-2-15-37(16-3-1)53-56-54(38-30-28-36(29-31-38)41-22-12-17-35-14-4-5-18-40(35)41)58-55(57-53)47-33-32-39(42-23-13-24-46-45-21-8-11-27-51(45)60-52(42)46)34-50(47)59-48-25-9-6-19-43(48)44-20-7-10-26-49(44)59/h1-34H/i6D,7D,19D,20D,25D,26D. The Hall–Kier alpha value is -7.73. The Bertz CT molecular complexity index is 3880. The third-order valence-corrected chi connectivity index (χ3v) is 12.5. The second-order valence-electron chi connectivity index (χ2n) is 14.7. The Labute approximate surface area is 358 Å². The highest BCUT2D eigenvalue weighted by Gasteiger charge is 2.21. The van der Waals surface area contributed by atoms with E-state index in [2.05, 4.69) is 78.9 Å². The molecular formula is C55H34N4S. The maximum absolute atomic E-state index is 9.36. The molecule has 4 nitrogen and oxygen atoms in total. The third-order valence-electron chi connectivity index (χ3n) is 11.2. The van der Waals surface area contributed by atoms with E-state index in [0.717, 1.165) is 64.3 Å². The minimum atomic E-state index is -0.184. The van der Waals surface area contributed by atoms with Crippen LogP contribution in [-0.4, -0.2) is 19.5 Å². The predicted molar refractivity (Wildman–Crippen MR) is 252 cm³/mol. The van der Waals surface area contributed by atoms with Gasteiger partial charge < -0.3 is 4.57 Å². The summed E-state index contributed by atoms with van der Waals surface area (Å²) < 4.78 is 58.4. The van der Waals surface area contributed by atoms with Crippen molar-refractivity contribution in [3.63, 3.8) is 0 Å². The van der Waals surface area contributed by atoms with Crippen molar-refractivity contribution >= 4 is 64.1 Å². The van der Waals surface area contributed by atoms with Crippen LogP contribution in [0, 0.1) is 0 Å². The van der Waals surface area contributed by atoms with Crippen LogP contribution in [0.5, 0.6) is 0 Å². The van der Waals surface area contributed by atoms with Crippen molar-refractivity contribution in [3.05, 3.63) is 206 Å². The minimum absolute atomic E-state index is 0.0527. The second kappa shape index (κ2) is 14.0. The Kier molecular flexibility index (Phi) is 6.67. The van der Waals surface area contributed by atoms with Crippen molar-refractivity contribution in [2.45, 2.75) is 0 Å². The first-order valence-electron chi connectivity index (χ1n) is 22.7. The summed E-state index contributed by atoms with van der Waals surface area (Å²) in [5.74, 6) is 1.22. The zero-order chi connectivity index (χ0) is 44.8. The first-order valence-corrected chi connectivity index (χ1v) is 20.5. The molecule has 9 aromatic carbocycles. The van der Waals surface area contributed by atoms with Gasteiger partial charge in [-0.2, -0.15) is 0 Å². The molecule has 3 heterocycles. The van der Waals surface area contributed by atoms with E-state index in [1.165, 1.54) is 12.1 Å². The molecule has 12 aromatic rings. The van der Waals surface area contributed by atoms with E-state index < -0.39 is 0 Å². The summed E-state index contributed by atoms with van der Waals surface area (Å²) in [5, 5.41) is 4.95. The number of hydrogen-bond acceptors (Lipinski definition) is 4. The fourth-order valence-electron chi connectivity index (χ4n) is 8.42. The van der Waals surface area contributed by atoms with E-state index in [4.69, 9.17) is 20.4 Å². The summed E-state index contributed by atoms with van der Waals surface area (Å²) in [6, 6.07) is 55.0. The van der Waals surface area contributed by atoms with Crippen molar-refractivity contribution in [3.8, 4) is 62.1 Å². The highest BCUT2D eigenvalue weighted by Crippen LogP contribution is 2.43. The Balaban J connectivity index is 1.15. The topological polar surface area (TPSA) is 43.6 Å². The average molecular weight is 789 g/mol. The summed E-state index contributed by atoms with van der Waals surface area (Å²) in [4.78, 5) is 15.4. The highest BCUT2D eigenvalue weighted by molar-refractivity contribution is 7.26. The fraction of sp³-hybridized carbons (Fsp3) is 0. The summed E-state index contributed by atoms with van der Waals surface area (Å²) in [6.07, 6.45) is 0. The molecule has 0 saturated carbocycles. The molecule has 0 aliphatic heterocycles. The molecule has 0 amide bonds. The van der Waals surface area contributed by atoms with Crippen molar-refractivity contribution < 1.29 is 8.22 Å². The summed E-state index contributed by atoms with van der Waals surface area (Å²) in [5.41, 5.74) is 7.12. The molecule has 0 radical (unpaired) electrons. The van der Waals surface area contributed by atoms with Crippen LogP contribution in [0.1, 0.15) is 8.22 Å². The van der Waals surface area contributed by atoms with Crippen LogP contribution < -0.4 is 0 Å². The molecule has 0 N–H and O–H groups in total. The molecule has 0 aliphatic carbocycles. The van der Waals surface area contributed by atoms with Crippen LogP contribution in [0.4, 0.5) is 0 Å². The number of rotatable bonds is 6. The van der Waals surface area contributed by atoms with Gasteiger partial charge in [-0.1, -0.05) is 176 Å². The molecule has 0 aliphatic rings. The van der Waals surface area contributed by atoms with Gasteiger partial charge in [0.15, 0.2) is 17.5 Å². The van der Waals surface area contributed by atoms with Crippen molar-refractivity contribution in [2.75, 3.05) is 0 Å². The van der Waals surface area contributed by atoms with Gasteiger partial charge in [-0.25, -0.2) is 15.0 Å². The fourth-order valence-corrected chi connectivity index (χ4v) is 9.66. The quantitative estimate of drug-likeness (QED) is 0.169. The third kappa shape index (κ3) is 5.63. The normalized spacial score (nSPS) is 13.1. The summed E-state index contributed by atoms with van der Waals surface area (Å²) in [7, 11) is 0. The Morgan fingerprint density at radius 2 is 0.983 bits per heavy atom. The molecular weight excluding hydrogens is 749 g/mol. The van der Waals surface area contributed by atoms with Gasteiger partial charge in [-0.15, -0.1) is 11.3 Å². The Morgan fingerprint density at radius 1 is 0.400 bits per heavy atom. The SMILES string of the molecule is [2H]c1cc([2H])c2c(c1[2H])c1c([2H])c([2H])cc([2H])c1n2-c1cc(-c2cccc3c2sc2ccccc23)ccc1-c1nc(-c2ccccc2)nc(-c2ccc(-c3cccc4ccccc34)cc2)n1. The smallest absolute Gasteiger partial charge is 0.166 e. The molecule has 5 heteroatoms. The molecule has 0 spiro atoms. The van der Waals surface area contributed by atoms with Gasteiger partial charge in [-0.3, -0.25) is 0 Å². The van der Waals surface area contributed by atoms with E-state index in [1.807, 2.05) is 78.9 Å². The van der Waals surface area contributed by atoms with E-state index >= 15 is 0 Å². The lowest BCUT2D eigenvalue weighted by molar-refractivity contribution is 1.06. The van der Waals surface area contributed by atoms with Crippen molar-refractivity contribution in [1.29, 1.82) is 0 Å². The molecule has 280 valence electrons. The molecule has 0 bridgehead atoms. The largest absolute Gasteiger partial charge is 0.308 e. The van der Waals surface area contributed by atoms with Crippen LogP contribution >= 0.6 is 11.3 Å². The maximum Gasteiger partial charge on any atom is 0.166 e. The monoisotopic (exact) mass is 788 g/mol. The van der Waals surface area contributed by atoms with Crippen LogP contribution in [0.15, 0.2) is 206 Å². The number of aromatic nitrogens is 4. The van der Waals surface area contributed by atoms with Gasteiger partial charge in [0.05, 0.1) is 24.9 Å². The van der Waals surface area contributed by atoms with Crippen LogP contribution in [-0.2, 0) is 0 Å². The molecule has 0 unspecified atom stereocenters. The van der Waals surface area contributed by atoms with Gasteiger partial charge in [0.1, 0.15) is 0 Å². The van der Waals surface area contributed by atoms with Crippen molar-refractivity contribution in [2.24, 2.45) is 0 Å². The lowest BCUT2D eigenvalue weighted by atomic mass is 9.97. The molecule has 60 heavy (non-hydrogen) atoms. The highest BCUT2D eigenvalue weighted by atomic mass is 32.1.